The number of thiophene rings is 1. The first-order valence-electron chi connectivity index (χ1n) is 12.7. The van der Waals surface area contributed by atoms with Gasteiger partial charge in [-0.3, -0.25) is 9.69 Å². The smallest absolute Gasteiger partial charge is 0.348 e. The molecule has 0 unspecified atom stereocenters. The van der Waals surface area contributed by atoms with Crippen LogP contribution in [0.1, 0.15) is 32.5 Å². The Morgan fingerprint density at radius 1 is 1.02 bits per heavy atom. The SMILES string of the molecule is C=CCOC(=O)c1sc(NC(=O)CN2CCN(S(=O)(=O)c3ccc4ccccc4c3)CC2)c(C(=O)OCC)c1C. The van der Waals surface area contributed by atoms with Gasteiger partial charge >= 0.3 is 11.9 Å². The van der Waals surface area contributed by atoms with Crippen LogP contribution < -0.4 is 5.32 Å². The zero-order valence-electron chi connectivity index (χ0n) is 22.3. The average Bonchev–Trinajstić information content (AvgIpc) is 3.27. The summed E-state index contributed by atoms with van der Waals surface area (Å²) in [4.78, 5) is 40.3. The van der Waals surface area contributed by atoms with Crippen molar-refractivity contribution in [1.29, 1.82) is 0 Å². The molecule has 4 rings (SSSR count). The van der Waals surface area contributed by atoms with E-state index in [2.05, 4.69) is 11.9 Å². The van der Waals surface area contributed by atoms with Crippen LogP contribution in [0.4, 0.5) is 5.00 Å². The number of anilines is 1. The number of ether oxygens (including phenoxy) is 2. The lowest BCUT2D eigenvalue weighted by atomic mass is 10.1. The van der Waals surface area contributed by atoms with Crippen LogP contribution in [0, 0.1) is 6.92 Å². The van der Waals surface area contributed by atoms with Crippen molar-refractivity contribution >= 4 is 55.0 Å². The van der Waals surface area contributed by atoms with E-state index in [9.17, 15) is 22.8 Å². The molecular weight excluding hydrogens is 554 g/mol. The summed E-state index contributed by atoms with van der Waals surface area (Å²) in [5.74, 6) is -1.68. The van der Waals surface area contributed by atoms with Gasteiger partial charge in [-0.15, -0.1) is 11.3 Å². The molecule has 212 valence electrons. The summed E-state index contributed by atoms with van der Waals surface area (Å²) in [6.45, 7) is 8.07. The van der Waals surface area contributed by atoms with E-state index >= 15 is 0 Å². The molecule has 10 nitrogen and oxygen atoms in total. The van der Waals surface area contributed by atoms with Crippen molar-refractivity contribution in [2.45, 2.75) is 18.7 Å². The molecule has 1 aliphatic heterocycles. The van der Waals surface area contributed by atoms with Gasteiger partial charge in [0, 0.05) is 26.2 Å². The van der Waals surface area contributed by atoms with Crippen LogP contribution in [0.25, 0.3) is 10.8 Å². The van der Waals surface area contributed by atoms with Gasteiger partial charge in [0.2, 0.25) is 15.9 Å². The molecule has 0 bridgehead atoms. The van der Waals surface area contributed by atoms with Gasteiger partial charge in [0.1, 0.15) is 16.5 Å². The highest BCUT2D eigenvalue weighted by Gasteiger charge is 2.31. The quantitative estimate of drug-likeness (QED) is 0.283. The summed E-state index contributed by atoms with van der Waals surface area (Å²) < 4.78 is 38.2. The molecule has 1 amide bonds. The van der Waals surface area contributed by atoms with Crippen molar-refractivity contribution in [2.75, 3.05) is 51.3 Å². The molecule has 1 N–H and O–H groups in total. The van der Waals surface area contributed by atoms with E-state index in [0.29, 0.717) is 18.7 Å². The van der Waals surface area contributed by atoms with Gasteiger partial charge in [-0.25, -0.2) is 18.0 Å². The third-order valence-corrected chi connectivity index (χ3v) is 9.54. The fourth-order valence-corrected chi connectivity index (χ4v) is 6.98. The number of benzene rings is 2. The lowest BCUT2D eigenvalue weighted by molar-refractivity contribution is -0.117. The maximum Gasteiger partial charge on any atom is 0.348 e. The zero-order chi connectivity index (χ0) is 28.9. The lowest BCUT2D eigenvalue weighted by Crippen LogP contribution is -2.50. The number of rotatable bonds is 10. The number of esters is 2. The number of fused-ring (bicyclic) bond motifs is 1. The van der Waals surface area contributed by atoms with Gasteiger partial charge in [0.25, 0.3) is 0 Å². The molecule has 0 aliphatic carbocycles. The van der Waals surface area contributed by atoms with E-state index in [0.717, 1.165) is 22.1 Å². The highest BCUT2D eigenvalue weighted by atomic mass is 32.2. The number of carbonyl (C=O) groups excluding carboxylic acids is 3. The molecule has 1 aliphatic rings. The molecule has 1 fully saturated rings. The number of hydrogen-bond acceptors (Lipinski definition) is 9. The van der Waals surface area contributed by atoms with Gasteiger partial charge in [-0.2, -0.15) is 4.31 Å². The fourth-order valence-electron chi connectivity index (χ4n) is 4.42. The van der Waals surface area contributed by atoms with Crippen molar-refractivity contribution in [3.63, 3.8) is 0 Å². The molecule has 0 saturated carbocycles. The molecule has 12 heteroatoms. The Labute approximate surface area is 237 Å². The molecule has 40 heavy (non-hydrogen) atoms. The molecule has 0 atom stereocenters. The second kappa shape index (κ2) is 12.7. The van der Waals surface area contributed by atoms with E-state index in [1.165, 1.54) is 10.4 Å². The first-order chi connectivity index (χ1) is 19.1. The van der Waals surface area contributed by atoms with Crippen LogP contribution in [-0.4, -0.2) is 81.4 Å². The van der Waals surface area contributed by atoms with Crippen molar-refractivity contribution in [1.82, 2.24) is 9.21 Å². The summed E-state index contributed by atoms with van der Waals surface area (Å²) >= 11 is 0.944. The third-order valence-electron chi connectivity index (χ3n) is 6.45. The minimum Gasteiger partial charge on any atom is -0.462 e. The number of piperazine rings is 1. The van der Waals surface area contributed by atoms with Crippen molar-refractivity contribution < 1.29 is 32.3 Å². The Balaban J connectivity index is 1.41. The Bertz CT molecular complexity index is 1540. The van der Waals surface area contributed by atoms with Crippen LogP contribution in [-0.2, 0) is 24.3 Å². The molecule has 3 aromatic rings. The van der Waals surface area contributed by atoms with Gasteiger partial charge < -0.3 is 14.8 Å². The second-order valence-corrected chi connectivity index (χ2v) is 12.1. The zero-order valence-corrected chi connectivity index (χ0v) is 24.0. The summed E-state index contributed by atoms with van der Waals surface area (Å²) in [5.41, 5.74) is 0.470. The van der Waals surface area contributed by atoms with E-state index in [-0.39, 0.29) is 53.2 Å². The normalized spacial score (nSPS) is 14.6. The minimum absolute atomic E-state index is 0.00909. The molecule has 1 saturated heterocycles. The largest absolute Gasteiger partial charge is 0.462 e. The van der Waals surface area contributed by atoms with E-state index in [1.54, 1.807) is 32.0 Å². The number of amides is 1. The van der Waals surface area contributed by atoms with Crippen molar-refractivity contribution in [3.8, 4) is 0 Å². The summed E-state index contributed by atoms with van der Waals surface area (Å²) in [6, 6.07) is 12.7. The highest BCUT2D eigenvalue weighted by molar-refractivity contribution is 7.89. The Hall–Kier alpha value is -3.58. The first-order valence-corrected chi connectivity index (χ1v) is 15.0. The van der Waals surface area contributed by atoms with Crippen LogP contribution in [0.15, 0.2) is 60.0 Å². The summed E-state index contributed by atoms with van der Waals surface area (Å²) in [7, 11) is -3.69. The van der Waals surface area contributed by atoms with Crippen LogP contribution >= 0.6 is 11.3 Å². The molecule has 2 heterocycles. The first kappa shape index (κ1) is 29.4. The van der Waals surface area contributed by atoms with Crippen molar-refractivity contribution in [2.24, 2.45) is 0 Å². The summed E-state index contributed by atoms with van der Waals surface area (Å²) in [6.07, 6.45) is 1.43. The summed E-state index contributed by atoms with van der Waals surface area (Å²) in [5, 5.41) is 4.74. The van der Waals surface area contributed by atoms with Gasteiger partial charge in [-0.1, -0.05) is 43.0 Å². The van der Waals surface area contributed by atoms with Crippen LogP contribution in [0.5, 0.6) is 0 Å². The highest BCUT2D eigenvalue weighted by Crippen LogP contribution is 2.34. The fraction of sp³-hybridized carbons (Fsp3) is 0.321. The Morgan fingerprint density at radius 2 is 1.73 bits per heavy atom. The molecule has 1 aromatic heterocycles. The predicted octanol–water partition coefficient (Wildman–Crippen LogP) is 3.67. The monoisotopic (exact) mass is 585 g/mol. The lowest BCUT2D eigenvalue weighted by Gasteiger charge is -2.33. The Morgan fingerprint density at radius 3 is 2.40 bits per heavy atom. The van der Waals surface area contributed by atoms with Gasteiger partial charge in [0.15, 0.2) is 0 Å². The number of nitrogens with zero attached hydrogens (tertiary/aromatic N) is 2. The number of sulfonamides is 1. The van der Waals surface area contributed by atoms with Gasteiger partial charge in [-0.05, 0) is 42.3 Å². The predicted molar refractivity (Wildman–Crippen MR) is 153 cm³/mol. The topological polar surface area (TPSA) is 122 Å². The standard InChI is InChI=1S/C28H31N3O7S2/c1-4-16-38-28(34)25-19(3)24(27(33)37-5-2)26(39-25)29-23(32)18-30-12-14-31(15-13-30)40(35,36)22-11-10-20-8-6-7-9-21(20)17-22/h4,6-11,17H,1,5,12-16,18H2,2-3H3,(H,29,32). The van der Waals surface area contributed by atoms with Crippen molar-refractivity contribution in [3.05, 3.63) is 71.1 Å². The Kier molecular flexibility index (Phi) is 9.36. The minimum atomic E-state index is -3.69. The average molecular weight is 586 g/mol. The molecule has 2 aromatic carbocycles. The number of carbonyl (C=O) groups is 3. The van der Waals surface area contributed by atoms with E-state index < -0.39 is 27.9 Å². The molecular formula is C28H31N3O7S2. The second-order valence-electron chi connectivity index (χ2n) is 9.11. The maximum atomic E-state index is 13.3. The van der Waals surface area contributed by atoms with E-state index in [4.69, 9.17) is 9.47 Å². The third kappa shape index (κ3) is 6.41. The molecule has 0 radical (unpaired) electrons. The maximum absolute atomic E-state index is 13.3. The van der Waals surface area contributed by atoms with Crippen LogP contribution in [0.2, 0.25) is 0 Å². The number of nitrogens with one attached hydrogen (secondary N) is 1. The van der Waals surface area contributed by atoms with Gasteiger partial charge in [0.05, 0.1) is 23.6 Å². The number of hydrogen-bond donors (Lipinski definition) is 1. The molecule has 0 spiro atoms. The van der Waals surface area contributed by atoms with E-state index in [1.807, 2.05) is 29.2 Å². The van der Waals surface area contributed by atoms with Crippen LogP contribution in [0.3, 0.4) is 0 Å².